The first-order valence-corrected chi connectivity index (χ1v) is 10.8. The van der Waals surface area contributed by atoms with Crippen molar-refractivity contribution in [2.24, 2.45) is 0 Å². The van der Waals surface area contributed by atoms with Gasteiger partial charge in [-0.05, 0) is 65.2 Å². The molecular formula is C21H23BrCl2N2O3. The van der Waals surface area contributed by atoms with Crippen molar-refractivity contribution in [1.29, 1.82) is 0 Å². The molecular weight excluding hydrogens is 479 g/mol. The molecule has 0 radical (unpaired) electrons. The zero-order chi connectivity index (χ0) is 21.4. The van der Waals surface area contributed by atoms with Gasteiger partial charge >= 0.3 is 0 Å². The van der Waals surface area contributed by atoms with E-state index in [0.717, 1.165) is 12.0 Å². The summed E-state index contributed by atoms with van der Waals surface area (Å²) in [5.74, 6) is -0.0329. The van der Waals surface area contributed by atoms with Crippen LogP contribution in [-0.2, 0) is 16.1 Å². The van der Waals surface area contributed by atoms with E-state index in [0.29, 0.717) is 26.8 Å². The predicted octanol–water partition coefficient (Wildman–Crippen LogP) is 5.08. The number of rotatable bonds is 9. The molecule has 5 nitrogen and oxygen atoms in total. The van der Waals surface area contributed by atoms with Gasteiger partial charge in [-0.25, -0.2) is 0 Å². The number of hydrogen-bond acceptors (Lipinski definition) is 3. The largest absolute Gasteiger partial charge is 0.483 e. The van der Waals surface area contributed by atoms with E-state index in [1.54, 1.807) is 37.3 Å². The molecule has 156 valence electrons. The lowest BCUT2D eigenvalue weighted by molar-refractivity contribution is -0.142. The zero-order valence-corrected chi connectivity index (χ0v) is 19.4. The van der Waals surface area contributed by atoms with Gasteiger partial charge in [0, 0.05) is 23.1 Å². The fourth-order valence-electron chi connectivity index (χ4n) is 2.63. The van der Waals surface area contributed by atoms with Crippen molar-refractivity contribution in [2.45, 2.75) is 32.9 Å². The average molecular weight is 502 g/mol. The molecule has 0 fully saturated rings. The predicted molar refractivity (Wildman–Crippen MR) is 119 cm³/mol. The molecule has 29 heavy (non-hydrogen) atoms. The highest BCUT2D eigenvalue weighted by Gasteiger charge is 2.26. The molecule has 0 aliphatic carbocycles. The Kier molecular flexibility index (Phi) is 9.27. The van der Waals surface area contributed by atoms with Crippen molar-refractivity contribution in [3.05, 3.63) is 62.5 Å². The number of nitrogens with one attached hydrogen (secondary N) is 1. The summed E-state index contributed by atoms with van der Waals surface area (Å²) >= 11 is 15.4. The van der Waals surface area contributed by atoms with Gasteiger partial charge in [0.2, 0.25) is 5.91 Å². The quantitative estimate of drug-likeness (QED) is 0.521. The van der Waals surface area contributed by atoms with Gasteiger partial charge in [0.05, 0.1) is 4.47 Å². The fraction of sp³-hybridized carbons (Fsp3) is 0.333. The Bertz CT molecular complexity index is 864. The van der Waals surface area contributed by atoms with Crippen LogP contribution in [0.5, 0.6) is 5.75 Å². The summed E-state index contributed by atoms with van der Waals surface area (Å²) < 4.78 is 6.30. The summed E-state index contributed by atoms with van der Waals surface area (Å²) in [6.07, 6.45) is 0.814. The van der Waals surface area contributed by atoms with Gasteiger partial charge in [-0.2, -0.15) is 0 Å². The Morgan fingerprint density at radius 2 is 1.90 bits per heavy atom. The molecule has 2 amide bonds. The number of carbonyl (C=O) groups is 2. The van der Waals surface area contributed by atoms with E-state index in [-0.39, 0.29) is 25.0 Å². The van der Waals surface area contributed by atoms with Crippen LogP contribution in [0.2, 0.25) is 10.0 Å². The first-order chi connectivity index (χ1) is 13.8. The van der Waals surface area contributed by atoms with Gasteiger partial charge in [0.1, 0.15) is 11.8 Å². The Labute approximate surface area is 189 Å². The van der Waals surface area contributed by atoms with Gasteiger partial charge in [0.15, 0.2) is 6.61 Å². The van der Waals surface area contributed by atoms with Crippen LogP contribution in [0.1, 0.15) is 25.8 Å². The summed E-state index contributed by atoms with van der Waals surface area (Å²) in [4.78, 5) is 26.9. The van der Waals surface area contributed by atoms with Crippen LogP contribution >= 0.6 is 39.1 Å². The minimum absolute atomic E-state index is 0.213. The first kappa shape index (κ1) is 23.5. The van der Waals surface area contributed by atoms with Crippen LogP contribution in [0.3, 0.4) is 0 Å². The highest BCUT2D eigenvalue weighted by molar-refractivity contribution is 9.10. The fourth-order valence-corrected chi connectivity index (χ4v) is 3.64. The van der Waals surface area contributed by atoms with E-state index < -0.39 is 6.04 Å². The number of halogens is 3. The molecule has 0 aliphatic rings. The molecule has 0 aromatic heterocycles. The van der Waals surface area contributed by atoms with Crippen molar-refractivity contribution in [3.63, 3.8) is 0 Å². The van der Waals surface area contributed by atoms with Crippen LogP contribution in [0.25, 0.3) is 0 Å². The van der Waals surface area contributed by atoms with Gasteiger partial charge in [0.25, 0.3) is 5.91 Å². The molecule has 1 N–H and O–H groups in total. The Balaban J connectivity index is 2.15. The summed E-state index contributed by atoms with van der Waals surface area (Å²) in [6.45, 7) is 4.25. The van der Waals surface area contributed by atoms with E-state index in [2.05, 4.69) is 21.2 Å². The monoisotopic (exact) mass is 500 g/mol. The third kappa shape index (κ3) is 7.21. The number of amides is 2. The SMILES string of the molecule is CCCNC(=O)C(C)N(Cc1cccc(Cl)c1)C(=O)COc1ccc(Cl)cc1Br. The van der Waals surface area contributed by atoms with Gasteiger partial charge in [-0.3, -0.25) is 9.59 Å². The Hall–Kier alpha value is -1.76. The lowest BCUT2D eigenvalue weighted by Crippen LogP contribution is -2.49. The van der Waals surface area contributed by atoms with Crippen molar-refractivity contribution in [2.75, 3.05) is 13.2 Å². The number of benzene rings is 2. The van der Waals surface area contributed by atoms with Crippen molar-refractivity contribution >= 4 is 50.9 Å². The molecule has 2 rings (SSSR count). The van der Waals surface area contributed by atoms with Crippen LogP contribution in [0.15, 0.2) is 46.9 Å². The summed E-state index contributed by atoms with van der Waals surface area (Å²) in [6, 6.07) is 11.6. The van der Waals surface area contributed by atoms with Gasteiger partial charge < -0.3 is 15.0 Å². The second kappa shape index (κ2) is 11.4. The van der Waals surface area contributed by atoms with Crippen LogP contribution in [0.4, 0.5) is 0 Å². The van der Waals surface area contributed by atoms with Crippen molar-refractivity contribution < 1.29 is 14.3 Å². The molecule has 1 unspecified atom stereocenters. The van der Waals surface area contributed by atoms with E-state index in [1.807, 2.05) is 19.1 Å². The average Bonchev–Trinajstić information content (AvgIpc) is 2.69. The molecule has 2 aromatic carbocycles. The molecule has 0 saturated carbocycles. The smallest absolute Gasteiger partial charge is 0.261 e. The minimum Gasteiger partial charge on any atom is -0.483 e. The maximum atomic E-state index is 13.0. The van der Waals surface area contributed by atoms with E-state index in [1.165, 1.54) is 4.90 Å². The van der Waals surface area contributed by atoms with Crippen LogP contribution in [0, 0.1) is 0 Å². The molecule has 0 bridgehead atoms. The summed E-state index contributed by atoms with van der Waals surface area (Å²) in [7, 11) is 0. The summed E-state index contributed by atoms with van der Waals surface area (Å²) in [5.41, 5.74) is 0.827. The number of hydrogen-bond donors (Lipinski definition) is 1. The third-order valence-electron chi connectivity index (χ3n) is 4.20. The van der Waals surface area contributed by atoms with E-state index in [9.17, 15) is 9.59 Å². The minimum atomic E-state index is -0.662. The normalized spacial score (nSPS) is 11.6. The lowest BCUT2D eigenvalue weighted by Gasteiger charge is -2.29. The molecule has 0 heterocycles. The molecule has 8 heteroatoms. The molecule has 0 saturated heterocycles. The Morgan fingerprint density at radius 1 is 1.17 bits per heavy atom. The van der Waals surface area contributed by atoms with Gasteiger partial charge in [-0.15, -0.1) is 0 Å². The molecule has 0 aliphatic heterocycles. The molecule has 0 spiro atoms. The maximum absolute atomic E-state index is 13.0. The second-order valence-electron chi connectivity index (χ2n) is 6.48. The van der Waals surface area contributed by atoms with E-state index >= 15 is 0 Å². The van der Waals surface area contributed by atoms with E-state index in [4.69, 9.17) is 27.9 Å². The number of carbonyl (C=O) groups excluding carboxylic acids is 2. The molecule has 2 aromatic rings. The lowest BCUT2D eigenvalue weighted by atomic mass is 10.1. The van der Waals surface area contributed by atoms with Crippen molar-refractivity contribution in [1.82, 2.24) is 10.2 Å². The third-order valence-corrected chi connectivity index (χ3v) is 5.29. The topological polar surface area (TPSA) is 58.6 Å². The van der Waals surface area contributed by atoms with Crippen molar-refractivity contribution in [3.8, 4) is 5.75 Å². The second-order valence-corrected chi connectivity index (χ2v) is 8.21. The van der Waals surface area contributed by atoms with Gasteiger partial charge in [-0.1, -0.05) is 42.3 Å². The molecule has 1 atom stereocenters. The standard InChI is InChI=1S/C21H23BrCl2N2O3/c1-3-9-25-21(28)14(2)26(12-15-5-4-6-16(23)10-15)20(27)13-29-19-8-7-17(24)11-18(19)22/h4-8,10-11,14H,3,9,12-13H2,1-2H3,(H,25,28). The highest BCUT2D eigenvalue weighted by Crippen LogP contribution is 2.28. The first-order valence-electron chi connectivity index (χ1n) is 9.21. The van der Waals surface area contributed by atoms with Crippen LogP contribution < -0.4 is 10.1 Å². The maximum Gasteiger partial charge on any atom is 0.261 e. The number of ether oxygens (including phenoxy) is 1. The Morgan fingerprint density at radius 3 is 2.55 bits per heavy atom. The highest BCUT2D eigenvalue weighted by atomic mass is 79.9. The number of nitrogens with zero attached hydrogens (tertiary/aromatic N) is 1. The van der Waals surface area contributed by atoms with Crippen LogP contribution in [-0.4, -0.2) is 35.9 Å². The summed E-state index contributed by atoms with van der Waals surface area (Å²) in [5, 5.41) is 3.96. The zero-order valence-electron chi connectivity index (χ0n) is 16.3.